The number of benzene rings is 1. The predicted octanol–water partition coefficient (Wildman–Crippen LogP) is 4.76. The number of hydrogen-bond acceptors (Lipinski definition) is 11. The molecular formula is C42H64N4O11. The van der Waals surface area contributed by atoms with Gasteiger partial charge in [-0.1, -0.05) is 46.5 Å². The van der Waals surface area contributed by atoms with E-state index in [9.17, 15) is 33.6 Å². The molecule has 1 aromatic carbocycles. The molecule has 15 nitrogen and oxygen atoms in total. The fourth-order valence-corrected chi connectivity index (χ4v) is 7.55. The van der Waals surface area contributed by atoms with Crippen LogP contribution in [0.4, 0.5) is 4.79 Å². The van der Waals surface area contributed by atoms with E-state index >= 15 is 0 Å². The van der Waals surface area contributed by atoms with Crippen molar-refractivity contribution in [2.24, 2.45) is 23.5 Å². The average Bonchev–Trinajstić information content (AvgIpc) is 3.58. The van der Waals surface area contributed by atoms with Crippen LogP contribution in [0, 0.1) is 17.8 Å². The number of carbonyl (C=O) groups is 7. The Hall–Kier alpha value is -4.53. The first-order chi connectivity index (χ1) is 26.9. The molecule has 318 valence electrons. The molecule has 0 bridgehead atoms. The lowest BCUT2D eigenvalue weighted by atomic mass is 9.83. The largest absolute Gasteiger partial charge is 0.497 e. The van der Waals surface area contributed by atoms with E-state index in [0.29, 0.717) is 23.5 Å². The summed E-state index contributed by atoms with van der Waals surface area (Å²) in [6.45, 7) is 11.6. The SMILES string of the molecule is CCCC(CC(=O)[C@@H]1C[C@@H](OC(C)(C)C)CN1C(=O)[C@@H](NC(=O)OCC(C)C)C1CCCCC1)C(=O)C(=O)CCC(=O)NC(C(N)=O)c1cc(OC)cc(OC)c1. The van der Waals surface area contributed by atoms with Gasteiger partial charge in [0.05, 0.1) is 38.6 Å². The monoisotopic (exact) mass is 800 g/mol. The number of alkyl carbamates (subject to hydrolysis) is 1. The molecule has 2 fully saturated rings. The Kier molecular flexibility index (Phi) is 18.0. The second kappa shape index (κ2) is 21.8. The van der Waals surface area contributed by atoms with Gasteiger partial charge in [-0.3, -0.25) is 28.8 Å². The number of nitrogens with two attached hydrogens (primary N) is 1. The number of rotatable bonds is 21. The van der Waals surface area contributed by atoms with Crippen LogP contribution in [0.2, 0.25) is 0 Å². The minimum absolute atomic E-state index is 0.0993. The molecule has 0 radical (unpaired) electrons. The maximum atomic E-state index is 14.5. The van der Waals surface area contributed by atoms with Crippen molar-refractivity contribution in [1.82, 2.24) is 15.5 Å². The molecule has 1 heterocycles. The van der Waals surface area contributed by atoms with Gasteiger partial charge in [-0.15, -0.1) is 0 Å². The number of ketones is 3. The minimum atomic E-state index is -1.26. The van der Waals surface area contributed by atoms with E-state index in [4.69, 9.17) is 24.7 Å². The highest BCUT2D eigenvalue weighted by Crippen LogP contribution is 2.33. The molecule has 2 unspecified atom stereocenters. The second-order valence-corrected chi connectivity index (χ2v) is 16.6. The topological polar surface area (TPSA) is 210 Å². The van der Waals surface area contributed by atoms with Crippen molar-refractivity contribution in [3.63, 3.8) is 0 Å². The Balaban J connectivity index is 1.76. The van der Waals surface area contributed by atoms with Crippen LogP contribution in [-0.2, 0) is 38.2 Å². The number of likely N-dealkylation sites (tertiary alicyclic amines) is 1. The van der Waals surface area contributed by atoms with Crippen molar-refractivity contribution in [1.29, 1.82) is 0 Å². The van der Waals surface area contributed by atoms with Crippen LogP contribution in [0.3, 0.4) is 0 Å². The van der Waals surface area contributed by atoms with Crippen LogP contribution in [-0.4, -0.2) is 97.2 Å². The molecule has 1 saturated carbocycles. The van der Waals surface area contributed by atoms with Gasteiger partial charge in [-0.05, 0) is 69.6 Å². The van der Waals surface area contributed by atoms with Crippen LogP contribution in [0.15, 0.2) is 18.2 Å². The maximum Gasteiger partial charge on any atom is 0.407 e. The fourth-order valence-electron chi connectivity index (χ4n) is 7.55. The molecule has 5 atom stereocenters. The summed E-state index contributed by atoms with van der Waals surface area (Å²) < 4.78 is 22.1. The standard InChI is InChI=1S/C42H64N4O11/c1-9-13-27(38(50)33(47)16-17-35(49)44-36(39(43)51)28-18-29(54-7)21-30(19-28)55-8)20-34(48)32-22-31(57-42(4,5)6)23-46(32)40(52)37(26-14-11-10-12-15-26)45-41(53)56-24-25(2)3/h18-19,21,25-27,31-32,36-37H,9-17,20,22-24H2,1-8H3,(H2,43,51)(H,44,49)(H,45,53)/t27?,31-,32+,36?,37+/m1/s1. The zero-order valence-electron chi connectivity index (χ0n) is 35.0. The first-order valence-electron chi connectivity index (χ1n) is 20.2. The van der Waals surface area contributed by atoms with Crippen molar-refractivity contribution < 1.29 is 52.5 Å². The van der Waals surface area contributed by atoms with Crippen molar-refractivity contribution in [3.05, 3.63) is 23.8 Å². The highest BCUT2D eigenvalue weighted by Gasteiger charge is 2.46. The highest BCUT2D eigenvalue weighted by molar-refractivity contribution is 6.38. The Morgan fingerprint density at radius 1 is 0.912 bits per heavy atom. The summed E-state index contributed by atoms with van der Waals surface area (Å²) in [6, 6.07) is 1.51. The summed E-state index contributed by atoms with van der Waals surface area (Å²) in [5, 5.41) is 5.34. The van der Waals surface area contributed by atoms with Crippen LogP contribution >= 0.6 is 0 Å². The zero-order valence-corrected chi connectivity index (χ0v) is 35.0. The van der Waals surface area contributed by atoms with E-state index in [0.717, 1.165) is 32.1 Å². The maximum absolute atomic E-state index is 14.5. The number of nitrogens with one attached hydrogen (secondary N) is 2. The number of carbonyl (C=O) groups excluding carboxylic acids is 7. The van der Waals surface area contributed by atoms with E-state index in [-0.39, 0.29) is 50.0 Å². The summed E-state index contributed by atoms with van der Waals surface area (Å²) in [7, 11) is 2.86. The van der Waals surface area contributed by atoms with Crippen LogP contribution < -0.4 is 25.8 Å². The van der Waals surface area contributed by atoms with Gasteiger partial charge >= 0.3 is 6.09 Å². The first kappa shape index (κ1) is 46.8. The minimum Gasteiger partial charge on any atom is -0.497 e. The molecule has 1 saturated heterocycles. The summed E-state index contributed by atoms with van der Waals surface area (Å²) in [6.07, 6.45) is 2.93. The number of hydrogen-bond donors (Lipinski definition) is 3. The van der Waals surface area contributed by atoms with Crippen molar-refractivity contribution >= 4 is 41.2 Å². The van der Waals surface area contributed by atoms with Crippen LogP contribution in [0.5, 0.6) is 11.5 Å². The number of Topliss-reactive ketones (excluding diaryl/α,β-unsaturated/α-hetero) is 3. The summed E-state index contributed by atoms with van der Waals surface area (Å²) in [5.41, 5.74) is 5.33. The third-order valence-corrected chi connectivity index (χ3v) is 10.3. The van der Waals surface area contributed by atoms with Gasteiger partial charge in [0, 0.05) is 44.2 Å². The number of methoxy groups -OCH3 is 2. The molecule has 0 spiro atoms. The van der Waals surface area contributed by atoms with Gasteiger partial charge in [0.25, 0.3) is 0 Å². The molecule has 4 N–H and O–H groups in total. The smallest absolute Gasteiger partial charge is 0.407 e. The van der Waals surface area contributed by atoms with Gasteiger partial charge in [-0.25, -0.2) is 4.79 Å². The number of primary amides is 1. The quantitative estimate of drug-likeness (QED) is 0.144. The zero-order chi connectivity index (χ0) is 42.4. The van der Waals surface area contributed by atoms with Gasteiger partial charge in [0.15, 0.2) is 11.6 Å². The Labute approximate surface area is 336 Å². The predicted molar refractivity (Wildman–Crippen MR) is 211 cm³/mol. The molecule has 1 aromatic rings. The third-order valence-electron chi connectivity index (χ3n) is 10.3. The molecular weight excluding hydrogens is 736 g/mol. The van der Waals surface area contributed by atoms with E-state index in [1.54, 1.807) is 6.07 Å². The molecule has 2 aliphatic rings. The van der Waals surface area contributed by atoms with Crippen molar-refractivity contribution in [3.8, 4) is 11.5 Å². The summed E-state index contributed by atoms with van der Waals surface area (Å²) in [4.78, 5) is 95.2. The van der Waals surface area contributed by atoms with Crippen LogP contribution in [0.1, 0.15) is 124 Å². The number of nitrogens with zero attached hydrogens (tertiary/aromatic N) is 1. The van der Waals surface area contributed by atoms with E-state index < -0.39 is 84.0 Å². The van der Waals surface area contributed by atoms with E-state index in [1.807, 2.05) is 41.5 Å². The lowest BCUT2D eigenvalue weighted by molar-refractivity contribution is -0.143. The first-order valence-corrected chi connectivity index (χ1v) is 20.2. The summed E-state index contributed by atoms with van der Waals surface area (Å²) in [5.74, 6) is -4.22. The lowest BCUT2D eigenvalue weighted by Gasteiger charge is -2.34. The Morgan fingerprint density at radius 3 is 2.09 bits per heavy atom. The molecule has 0 aromatic heterocycles. The van der Waals surface area contributed by atoms with Gasteiger partial charge < -0.3 is 40.2 Å². The van der Waals surface area contributed by atoms with Crippen molar-refractivity contribution in [2.75, 3.05) is 27.4 Å². The Morgan fingerprint density at radius 2 is 1.54 bits per heavy atom. The van der Waals surface area contributed by atoms with E-state index in [1.165, 1.54) is 31.3 Å². The highest BCUT2D eigenvalue weighted by atomic mass is 16.5. The fraction of sp³-hybridized carbons (Fsp3) is 0.690. The normalized spacial score (nSPS) is 18.9. The van der Waals surface area contributed by atoms with Gasteiger partial charge in [0.2, 0.25) is 23.5 Å². The molecule has 15 heteroatoms. The third kappa shape index (κ3) is 14.4. The van der Waals surface area contributed by atoms with Gasteiger partial charge in [-0.2, -0.15) is 0 Å². The molecule has 4 amide bonds. The molecule has 1 aliphatic carbocycles. The lowest BCUT2D eigenvalue weighted by Crippen LogP contribution is -2.55. The molecule has 1 aliphatic heterocycles. The molecule has 3 rings (SSSR count). The van der Waals surface area contributed by atoms with Gasteiger partial charge in [0.1, 0.15) is 23.6 Å². The molecule has 57 heavy (non-hydrogen) atoms. The number of ether oxygens (including phenoxy) is 4. The van der Waals surface area contributed by atoms with Crippen molar-refractivity contribution in [2.45, 2.75) is 142 Å². The van der Waals surface area contributed by atoms with E-state index in [2.05, 4.69) is 10.6 Å². The number of amides is 4. The Bertz CT molecular complexity index is 1560. The summed E-state index contributed by atoms with van der Waals surface area (Å²) >= 11 is 0. The van der Waals surface area contributed by atoms with Crippen LogP contribution in [0.25, 0.3) is 0 Å². The second-order valence-electron chi connectivity index (χ2n) is 16.6. The average molecular weight is 801 g/mol.